The molecule has 1 aromatic rings. The first kappa shape index (κ1) is 16.5. The van der Waals surface area contributed by atoms with E-state index in [0.29, 0.717) is 29.8 Å². The van der Waals surface area contributed by atoms with E-state index < -0.39 is 9.84 Å². The molecule has 0 saturated carbocycles. The highest BCUT2D eigenvalue weighted by atomic mass is 35.5. The van der Waals surface area contributed by atoms with Gasteiger partial charge in [-0.1, -0.05) is 25.4 Å². The van der Waals surface area contributed by atoms with Gasteiger partial charge in [-0.15, -0.1) is 0 Å². The van der Waals surface area contributed by atoms with Gasteiger partial charge in [-0.2, -0.15) is 0 Å². The Kier molecular flexibility index (Phi) is 5.46. The second-order valence-electron chi connectivity index (χ2n) is 5.81. The molecule has 1 aliphatic heterocycles. The summed E-state index contributed by atoms with van der Waals surface area (Å²) in [6.45, 7) is 6.92. The molecular weight excluding hydrogens is 310 g/mol. The van der Waals surface area contributed by atoms with E-state index in [2.05, 4.69) is 24.1 Å². The fourth-order valence-corrected chi connectivity index (χ4v) is 3.74. The molecule has 0 amide bonds. The molecule has 5 nitrogen and oxygen atoms in total. The molecule has 0 aliphatic carbocycles. The van der Waals surface area contributed by atoms with Crippen LogP contribution in [0.25, 0.3) is 0 Å². The van der Waals surface area contributed by atoms with Gasteiger partial charge in [0.15, 0.2) is 9.84 Å². The highest BCUT2D eigenvalue weighted by molar-refractivity contribution is 7.91. The average Bonchev–Trinajstić information content (AvgIpc) is 2.39. The van der Waals surface area contributed by atoms with Gasteiger partial charge in [0.1, 0.15) is 5.82 Å². The van der Waals surface area contributed by atoms with Crippen molar-refractivity contribution in [1.82, 2.24) is 10.3 Å². The first-order valence-corrected chi connectivity index (χ1v) is 9.38. The number of hydrogen-bond donors (Lipinski definition) is 1. The Bertz CT molecular complexity index is 576. The van der Waals surface area contributed by atoms with Gasteiger partial charge in [-0.25, -0.2) is 13.4 Å². The predicted molar refractivity (Wildman–Crippen MR) is 86.7 cm³/mol. The summed E-state index contributed by atoms with van der Waals surface area (Å²) >= 11 is 6.29. The normalized spacial score (nSPS) is 18.2. The molecule has 118 valence electrons. The third-order valence-corrected chi connectivity index (χ3v) is 5.29. The topological polar surface area (TPSA) is 62.3 Å². The number of aromatic nitrogens is 1. The maximum atomic E-state index is 11.5. The maximum absolute atomic E-state index is 11.5. The first-order chi connectivity index (χ1) is 9.87. The lowest BCUT2D eigenvalue weighted by atomic mass is 10.2. The summed E-state index contributed by atoms with van der Waals surface area (Å²) < 4.78 is 22.9. The molecule has 7 heteroatoms. The van der Waals surface area contributed by atoms with Crippen LogP contribution in [0.3, 0.4) is 0 Å². The van der Waals surface area contributed by atoms with Crippen LogP contribution in [0.15, 0.2) is 12.3 Å². The van der Waals surface area contributed by atoms with Gasteiger partial charge in [0, 0.05) is 25.8 Å². The second-order valence-corrected chi connectivity index (χ2v) is 8.52. The molecule has 2 rings (SSSR count). The van der Waals surface area contributed by atoms with Crippen molar-refractivity contribution in [3.8, 4) is 0 Å². The van der Waals surface area contributed by atoms with E-state index in [4.69, 9.17) is 11.6 Å². The number of pyridine rings is 1. The Morgan fingerprint density at radius 1 is 1.38 bits per heavy atom. The molecular formula is C14H22ClN3O2S. The van der Waals surface area contributed by atoms with Gasteiger partial charge in [0.05, 0.1) is 16.5 Å². The lowest BCUT2D eigenvalue weighted by Gasteiger charge is -2.28. The molecule has 0 aromatic carbocycles. The van der Waals surface area contributed by atoms with Crippen LogP contribution in [0.5, 0.6) is 0 Å². The van der Waals surface area contributed by atoms with Crippen molar-refractivity contribution in [1.29, 1.82) is 0 Å². The minimum atomic E-state index is -2.89. The largest absolute Gasteiger partial charge is 0.353 e. The summed E-state index contributed by atoms with van der Waals surface area (Å²) in [6, 6.07) is 1.90. The number of hydrogen-bond acceptors (Lipinski definition) is 5. The molecule has 0 unspecified atom stereocenters. The molecule has 1 saturated heterocycles. The van der Waals surface area contributed by atoms with Gasteiger partial charge >= 0.3 is 0 Å². The van der Waals surface area contributed by atoms with E-state index in [0.717, 1.165) is 18.7 Å². The third-order valence-electron chi connectivity index (χ3n) is 3.40. The van der Waals surface area contributed by atoms with E-state index in [9.17, 15) is 8.42 Å². The highest BCUT2D eigenvalue weighted by Gasteiger charge is 2.23. The summed E-state index contributed by atoms with van der Waals surface area (Å²) in [5.41, 5.74) is 1.04. The predicted octanol–water partition coefficient (Wildman–Crippen LogP) is 1.72. The van der Waals surface area contributed by atoms with Gasteiger partial charge in [0.25, 0.3) is 0 Å². The van der Waals surface area contributed by atoms with Crippen LogP contribution in [0, 0.1) is 5.92 Å². The van der Waals surface area contributed by atoms with Crippen LogP contribution in [-0.4, -0.2) is 44.5 Å². The fourth-order valence-electron chi connectivity index (χ4n) is 2.23. The lowest BCUT2D eigenvalue weighted by Crippen LogP contribution is -2.40. The average molecular weight is 332 g/mol. The smallest absolute Gasteiger partial charge is 0.153 e. The first-order valence-electron chi connectivity index (χ1n) is 7.18. The Morgan fingerprint density at radius 2 is 2.05 bits per heavy atom. The summed E-state index contributed by atoms with van der Waals surface area (Å²) in [6.07, 6.45) is 1.80. The molecule has 0 atom stereocenters. The standard InChI is InChI=1S/C14H22ClN3O2S/c1-11(2)8-16-9-12-7-13(15)14(17-10-12)18-3-5-21(19,20)6-4-18/h7,10-11,16H,3-6,8-9H2,1-2H3. The summed E-state index contributed by atoms with van der Waals surface area (Å²) in [7, 11) is -2.89. The molecule has 0 radical (unpaired) electrons. The molecule has 2 heterocycles. The molecule has 0 spiro atoms. The number of sulfone groups is 1. The zero-order chi connectivity index (χ0) is 15.5. The minimum absolute atomic E-state index is 0.169. The zero-order valence-corrected chi connectivity index (χ0v) is 14.0. The maximum Gasteiger partial charge on any atom is 0.153 e. The van der Waals surface area contributed by atoms with Gasteiger partial charge < -0.3 is 10.2 Å². The Hall–Kier alpha value is -0.850. The van der Waals surface area contributed by atoms with E-state index in [1.54, 1.807) is 6.20 Å². The number of nitrogens with zero attached hydrogens (tertiary/aromatic N) is 2. The number of anilines is 1. The molecule has 0 bridgehead atoms. The van der Waals surface area contributed by atoms with Crippen LogP contribution in [0.1, 0.15) is 19.4 Å². The summed E-state index contributed by atoms with van der Waals surface area (Å²) in [5, 5.41) is 3.93. The van der Waals surface area contributed by atoms with Gasteiger partial charge in [0.2, 0.25) is 0 Å². The monoisotopic (exact) mass is 331 g/mol. The molecule has 1 aliphatic rings. The highest BCUT2D eigenvalue weighted by Crippen LogP contribution is 2.25. The van der Waals surface area contributed by atoms with Gasteiger partial charge in [-0.3, -0.25) is 0 Å². The minimum Gasteiger partial charge on any atom is -0.353 e. The third kappa shape index (κ3) is 4.83. The van der Waals surface area contributed by atoms with Crippen LogP contribution in [0.2, 0.25) is 5.02 Å². The van der Waals surface area contributed by atoms with Crippen molar-refractivity contribution >= 4 is 27.3 Å². The molecule has 21 heavy (non-hydrogen) atoms. The SMILES string of the molecule is CC(C)CNCc1cnc(N2CCS(=O)(=O)CC2)c(Cl)c1. The van der Waals surface area contributed by atoms with Crippen LogP contribution >= 0.6 is 11.6 Å². The summed E-state index contributed by atoms with van der Waals surface area (Å²) in [4.78, 5) is 6.35. The summed E-state index contributed by atoms with van der Waals surface area (Å²) in [5.74, 6) is 1.62. The van der Waals surface area contributed by atoms with Crippen molar-refractivity contribution in [3.05, 3.63) is 22.8 Å². The van der Waals surface area contributed by atoms with Crippen molar-refractivity contribution < 1.29 is 8.42 Å². The van der Waals surface area contributed by atoms with E-state index in [-0.39, 0.29) is 11.5 Å². The van der Waals surface area contributed by atoms with Crippen LogP contribution < -0.4 is 10.2 Å². The molecule has 1 N–H and O–H groups in total. The lowest BCUT2D eigenvalue weighted by molar-refractivity contribution is 0.552. The number of halogens is 1. The van der Waals surface area contributed by atoms with Crippen LogP contribution in [-0.2, 0) is 16.4 Å². The second kappa shape index (κ2) is 6.94. The van der Waals surface area contributed by atoms with E-state index in [1.165, 1.54) is 0 Å². The molecule has 1 aromatic heterocycles. The Balaban J connectivity index is 1.99. The van der Waals surface area contributed by atoms with Gasteiger partial charge in [-0.05, 0) is 24.1 Å². The van der Waals surface area contributed by atoms with Crippen molar-refractivity contribution in [3.63, 3.8) is 0 Å². The molecule has 1 fully saturated rings. The fraction of sp³-hybridized carbons (Fsp3) is 0.643. The van der Waals surface area contributed by atoms with Crippen LogP contribution in [0.4, 0.5) is 5.82 Å². The van der Waals surface area contributed by atoms with Crippen molar-refractivity contribution in [2.45, 2.75) is 20.4 Å². The van der Waals surface area contributed by atoms with E-state index in [1.807, 2.05) is 11.0 Å². The number of nitrogens with one attached hydrogen (secondary N) is 1. The quantitative estimate of drug-likeness (QED) is 0.890. The van der Waals surface area contributed by atoms with Crippen molar-refractivity contribution in [2.24, 2.45) is 5.92 Å². The Morgan fingerprint density at radius 3 is 2.62 bits per heavy atom. The number of rotatable bonds is 5. The Labute approximate surface area is 131 Å². The zero-order valence-electron chi connectivity index (χ0n) is 12.5. The van der Waals surface area contributed by atoms with E-state index >= 15 is 0 Å². The van der Waals surface area contributed by atoms with Crippen molar-refractivity contribution in [2.75, 3.05) is 36.0 Å².